The van der Waals surface area contributed by atoms with Crippen molar-refractivity contribution in [2.45, 2.75) is 38.4 Å². The lowest BCUT2D eigenvalue weighted by atomic mass is 10.0. The van der Waals surface area contributed by atoms with Gasteiger partial charge in [0.05, 0.1) is 17.4 Å². The Morgan fingerprint density at radius 1 is 0.903 bits per heavy atom. The van der Waals surface area contributed by atoms with E-state index in [0.29, 0.717) is 6.04 Å². The minimum atomic E-state index is 0.520. The number of likely N-dealkylation sites (tertiary alicyclic amines) is 1. The van der Waals surface area contributed by atoms with Gasteiger partial charge in [-0.1, -0.05) is 60.6 Å². The molecule has 2 aromatic rings. The number of hydrogen-bond acceptors (Lipinski definition) is 4. The first-order chi connectivity index (χ1) is 15.2. The number of hydrazine groups is 1. The van der Waals surface area contributed by atoms with Crippen molar-refractivity contribution in [1.29, 1.82) is 0 Å². The van der Waals surface area contributed by atoms with Crippen LogP contribution in [0.4, 0.5) is 0 Å². The summed E-state index contributed by atoms with van der Waals surface area (Å²) in [6.45, 7) is 10.7. The number of halogens is 1. The van der Waals surface area contributed by atoms with Crippen molar-refractivity contribution in [3.63, 3.8) is 0 Å². The Hall–Kier alpha value is -2.27. The van der Waals surface area contributed by atoms with Gasteiger partial charge in [0.25, 0.3) is 0 Å². The highest BCUT2D eigenvalue weighted by Crippen LogP contribution is 2.34. The molecule has 4 nitrogen and oxygen atoms in total. The monoisotopic (exact) mass is 434 g/mol. The van der Waals surface area contributed by atoms with Crippen LogP contribution in [0.25, 0.3) is 0 Å². The maximum Gasteiger partial charge on any atom is 0.0554 e. The van der Waals surface area contributed by atoms with Gasteiger partial charge in [0.15, 0.2) is 0 Å². The summed E-state index contributed by atoms with van der Waals surface area (Å²) in [4.78, 5) is 5.07. The molecule has 0 aromatic heterocycles. The van der Waals surface area contributed by atoms with Gasteiger partial charge in [0.1, 0.15) is 0 Å². The molecule has 1 fully saturated rings. The summed E-state index contributed by atoms with van der Waals surface area (Å²) in [5.41, 5.74) is 10.4. The molecule has 31 heavy (non-hydrogen) atoms. The smallest absolute Gasteiger partial charge is 0.0554 e. The van der Waals surface area contributed by atoms with E-state index in [1.54, 1.807) is 0 Å². The Morgan fingerprint density at radius 3 is 2.42 bits per heavy atom. The van der Waals surface area contributed by atoms with E-state index in [-0.39, 0.29) is 0 Å². The molecule has 0 saturated carbocycles. The maximum atomic E-state index is 6.17. The molecule has 0 atom stereocenters. The van der Waals surface area contributed by atoms with Crippen molar-refractivity contribution in [3.8, 4) is 0 Å². The van der Waals surface area contributed by atoms with Crippen LogP contribution >= 0.6 is 11.6 Å². The molecule has 1 saturated heterocycles. The summed E-state index contributed by atoms with van der Waals surface area (Å²) in [6.07, 6.45) is 3.41. The van der Waals surface area contributed by atoms with Crippen molar-refractivity contribution < 1.29 is 0 Å². The molecule has 0 unspecified atom stereocenters. The third kappa shape index (κ3) is 4.67. The van der Waals surface area contributed by atoms with Crippen LogP contribution < -0.4 is 5.43 Å². The van der Waals surface area contributed by atoms with Crippen LogP contribution in [0.2, 0.25) is 5.02 Å². The highest BCUT2D eigenvalue weighted by Gasteiger charge is 2.34. The lowest BCUT2D eigenvalue weighted by Crippen LogP contribution is -2.47. The Morgan fingerprint density at radius 2 is 1.65 bits per heavy atom. The number of benzene rings is 2. The van der Waals surface area contributed by atoms with Crippen LogP contribution in [0.15, 0.2) is 78.1 Å². The standard InChI is InChI=1S/C26H31ClN4/c1-20-25-12-15-30(18-22-8-5-9-23(27)16-22)19-26(25)28-31(20)24-10-13-29(14-11-24)17-21-6-3-2-4-7-21/h2-9,16,24,28H,1,10-15,17-19H2. The molecule has 1 N–H and O–H groups in total. The van der Waals surface area contributed by atoms with Gasteiger partial charge in [0.2, 0.25) is 0 Å². The van der Waals surface area contributed by atoms with E-state index in [1.165, 1.54) is 40.9 Å². The number of piperidine rings is 1. The number of nitrogens with one attached hydrogen (secondary N) is 1. The molecule has 0 amide bonds. The van der Waals surface area contributed by atoms with Crippen LogP contribution in [0.3, 0.4) is 0 Å². The van der Waals surface area contributed by atoms with Gasteiger partial charge >= 0.3 is 0 Å². The maximum absolute atomic E-state index is 6.17. The fraction of sp³-hybridized carbons (Fsp3) is 0.385. The van der Waals surface area contributed by atoms with E-state index in [0.717, 1.165) is 50.7 Å². The third-order valence-corrected chi connectivity index (χ3v) is 7.02. The van der Waals surface area contributed by atoms with Crippen LogP contribution in [-0.2, 0) is 13.1 Å². The number of nitrogens with zero attached hydrogens (tertiary/aromatic N) is 3. The zero-order valence-electron chi connectivity index (χ0n) is 18.1. The zero-order valence-corrected chi connectivity index (χ0v) is 18.8. The highest BCUT2D eigenvalue weighted by atomic mass is 35.5. The SMILES string of the molecule is C=C1C2=C(CN(Cc3cccc(Cl)c3)CC2)NN1C1CCN(Cc2ccccc2)CC1. The van der Waals surface area contributed by atoms with Crippen molar-refractivity contribution >= 4 is 11.6 Å². The second-order valence-corrected chi connectivity index (χ2v) is 9.41. The summed E-state index contributed by atoms with van der Waals surface area (Å²) in [5, 5.41) is 3.18. The summed E-state index contributed by atoms with van der Waals surface area (Å²) in [6, 6.07) is 19.5. The van der Waals surface area contributed by atoms with Crippen LogP contribution in [0.5, 0.6) is 0 Å². The fourth-order valence-corrected chi connectivity index (χ4v) is 5.33. The Bertz CT molecular complexity index is 962. The topological polar surface area (TPSA) is 21.8 Å². The van der Waals surface area contributed by atoms with E-state index in [2.05, 4.69) is 69.3 Å². The van der Waals surface area contributed by atoms with Gasteiger partial charge in [-0.15, -0.1) is 0 Å². The molecule has 3 heterocycles. The molecular weight excluding hydrogens is 404 g/mol. The molecule has 3 aliphatic heterocycles. The summed E-state index contributed by atoms with van der Waals surface area (Å²) in [7, 11) is 0. The minimum Gasteiger partial charge on any atom is -0.301 e. The predicted octanol–water partition coefficient (Wildman–Crippen LogP) is 4.80. The van der Waals surface area contributed by atoms with Gasteiger partial charge in [-0.2, -0.15) is 0 Å². The van der Waals surface area contributed by atoms with Gasteiger partial charge in [-0.05, 0) is 42.5 Å². The molecular formula is C26H31ClN4. The van der Waals surface area contributed by atoms with Crippen molar-refractivity contribution in [3.05, 3.63) is 94.3 Å². The van der Waals surface area contributed by atoms with E-state index < -0.39 is 0 Å². The second-order valence-electron chi connectivity index (χ2n) is 8.97. The predicted molar refractivity (Wildman–Crippen MR) is 127 cm³/mol. The van der Waals surface area contributed by atoms with Gasteiger partial charge in [0, 0.05) is 49.9 Å². The Kier molecular flexibility index (Phi) is 6.04. The lowest BCUT2D eigenvalue weighted by Gasteiger charge is -2.38. The van der Waals surface area contributed by atoms with E-state index in [1.807, 2.05) is 12.1 Å². The zero-order chi connectivity index (χ0) is 21.2. The number of hydrogen-bond donors (Lipinski definition) is 1. The first kappa shape index (κ1) is 20.6. The van der Waals surface area contributed by atoms with Crippen molar-refractivity contribution in [2.75, 3.05) is 26.2 Å². The van der Waals surface area contributed by atoms with Gasteiger partial charge in [-0.25, -0.2) is 0 Å². The number of rotatable bonds is 5. The van der Waals surface area contributed by atoms with E-state index >= 15 is 0 Å². The van der Waals surface area contributed by atoms with Crippen LogP contribution in [0, 0.1) is 0 Å². The molecule has 162 valence electrons. The highest BCUT2D eigenvalue weighted by molar-refractivity contribution is 6.30. The molecule has 3 aliphatic rings. The van der Waals surface area contributed by atoms with E-state index in [4.69, 9.17) is 11.6 Å². The minimum absolute atomic E-state index is 0.520. The molecule has 5 heteroatoms. The van der Waals surface area contributed by atoms with Crippen molar-refractivity contribution in [2.24, 2.45) is 0 Å². The average Bonchev–Trinajstić information content (AvgIpc) is 3.11. The summed E-state index contributed by atoms with van der Waals surface area (Å²) < 4.78 is 0. The summed E-state index contributed by atoms with van der Waals surface area (Å²) >= 11 is 6.17. The first-order valence-electron chi connectivity index (χ1n) is 11.4. The molecule has 0 spiro atoms. The quantitative estimate of drug-likeness (QED) is 0.729. The molecule has 0 aliphatic carbocycles. The second kappa shape index (κ2) is 9.07. The summed E-state index contributed by atoms with van der Waals surface area (Å²) in [5.74, 6) is 0. The van der Waals surface area contributed by atoms with E-state index in [9.17, 15) is 0 Å². The van der Waals surface area contributed by atoms with Crippen molar-refractivity contribution in [1.82, 2.24) is 20.2 Å². The average molecular weight is 435 g/mol. The lowest BCUT2D eigenvalue weighted by molar-refractivity contribution is 0.111. The third-order valence-electron chi connectivity index (χ3n) is 6.79. The van der Waals surface area contributed by atoms with Gasteiger partial charge < -0.3 is 5.43 Å². The normalized spacial score (nSPS) is 20.8. The Balaban J connectivity index is 1.15. The van der Waals surface area contributed by atoms with Crippen LogP contribution in [0.1, 0.15) is 30.4 Å². The Labute approximate surface area is 190 Å². The molecule has 0 bridgehead atoms. The number of allylic oxidation sites excluding steroid dienone is 1. The van der Waals surface area contributed by atoms with Crippen LogP contribution in [-0.4, -0.2) is 47.0 Å². The fourth-order valence-electron chi connectivity index (χ4n) is 5.12. The van der Waals surface area contributed by atoms with Gasteiger partial charge in [-0.3, -0.25) is 14.8 Å². The first-order valence-corrected chi connectivity index (χ1v) is 11.7. The largest absolute Gasteiger partial charge is 0.301 e. The molecule has 2 aromatic carbocycles. The molecule has 0 radical (unpaired) electrons. The molecule has 5 rings (SSSR count).